The van der Waals surface area contributed by atoms with Gasteiger partial charge in [-0.15, -0.1) is 11.8 Å². The zero-order chi connectivity index (χ0) is 19.8. The first-order valence-electron chi connectivity index (χ1n) is 9.49. The van der Waals surface area contributed by atoms with Crippen LogP contribution in [0.15, 0.2) is 58.6 Å². The minimum Gasteiger partial charge on any atom is -0.326 e. The van der Waals surface area contributed by atoms with Crippen molar-refractivity contribution in [3.05, 3.63) is 48.7 Å². The molecule has 0 spiro atoms. The lowest BCUT2D eigenvalue weighted by Crippen LogP contribution is -2.32. The minimum atomic E-state index is -3.47. The molecule has 1 amide bonds. The molecule has 1 aliphatic rings. The van der Waals surface area contributed by atoms with Crippen molar-refractivity contribution in [3.8, 4) is 0 Å². The molecule has 0 unspecified atom stereocenters. The monoisotopic (exact) mass is 419 g/mol. The maximum Gasteiger partial charge on any atom is 0.244 e. The zero-order valence-electron chi connectivity index (χ0n) is 15.7. The highest BCUT2D eigenvalue weighted by molar-refractivity contribution is 7.99. The number of sulfonamides is 1. The second kappa shape index (κ2) is 10.0. The molecule has 150 valence electrons. The number of para-hydroxylation sites is 1. The van der Waals surface area contributed by atoms with Crippen LogP contribution in [0.5, 0.6) is 0 Å². The number of pyridine rings is 1. The summed E-state index contributed by atoms with van der Waals surface area (Å²) >= 11 is 1.44. The molecule has 1 fully saturated rings. The van der Waals surface area contributed by atoms with Crippen LogP contribution in [0.4, 0.5) is 5.69 Å². The van der Waals surface area contributed by atoms with Crippen LogP contribution in [0.3, 0.4) is 0 Å². The Morgan fingerprint density at radius 1 is 1.04 bits per heavy atom. The number of thioether (sulfide) groups is 1. The third-order valence-corrected chi connectivity index (χ3v) is 7.38. The molecular formula is C20H25N3O3S2. The first kappa shape index (κ1) is 20.8. The van der Waals surface area contributed by atoms with E-state index in [1.165, 1.54) is 18.0 Å². The lowest BCUT2D eigenvalue weighted by Gasteiger charge is -2.19. The van der Waals surface area contributed by atoms with Crippen LogP contribution in [-0.2, 0) is 14.8 Å². The number of benzene rings is 1. The number of hydrogen-bond donors (Lipinski definition) is 1. The van der Waals surface area contributed by atoms with Crippen molar-refractivity contribution in [2.75, 3.05) is 24.2 Å². The third kappa shape index (κ3) is 5.80. The molecule has 1 aromatic heterocycles. The summed E-state index contributed by atoms with van der Waals surface area (Å²) in [6.45, 7) is 1.16. The molecule has 8 heteroatoms. The Balaban J connectivity index is 1.50. The Hall–Kier alpha value is -1.90. The predicted molar refractivity (Wildman–Crippen MR) is 112 cm³/mol. The van der Waals surface area contributed by atoms with E-state index in [0.717, 1.165) is 31.4 Å². The fourth-order valence-electron chi connectivity index (χ4n) is 3.03. The maximum absolute atomic E-state index is 12.8. The molecule has 0 bridgehead atoms. The van der Waals surface area contributed by atoms with E-state index in [4.69, 9.17) is 0 Å². The van der Waals surface area contributed by atoms with E-state index in [1.807, 2.05) is 30.3 Å². The number of nitrogens with one attached hydrogen (secondary N) is 1. The summed E-state index contributed by atoms with van der Waals surface area (Å²) in [7, 11) is -3.47. The van der Waals surface area contributed by atoms with Crippen LogP contribution in [0.2, 0.25) is 0 Å². The van der Waals surface area contributed by atoms with Gasteiger partial charge in [0.2, 0.25) is 15.9 Å². The molecule has 0 saturated carbocycles. The summed E-state index contributed by atoms with van der Waals surface area (Å²) in [6, 6.07) is 12.6. The van der Waals surface area contributed by atoms with Gasteiger partial charge in [-0.1, -0.05) is 31.0 Å². The van der Waals surface area contributed by atoms with E-state index >= 15 is 0 Å². The molecule has 3 rings (SSSR count). The van der Waals surface area contributed by atoms with E-state index in [-0.39, 0.29) is 10.8 Å². The molecule has 1 N–H and O–H groups in total. The number of carbonyl (C=O) groups excluding carboxylic acids is 1. The van der Waals surface area contributed by atoms with E-state index in [9.17, 15) is 13.2 Å². The van der Waals surface area contributed by atoms with Crippen molar-refractivity contribution >= 4 is 33.4 Å². The molecule has 2 heterocycles. The van der Waals surface area contributed by atoms with Crippen molar-refractivity contribution in [1.82, 2.24) is 9.29 Å². The first-order chi connectivity index (χ1) is 13.6. The molecular weight excluding hydrogens is 394 g/mol. The van der Waals surface area contributed by atoms with Crippen molar-refractivity contribution in [2.24, 2.45) is 0 Å². The highest BCUT2D eigenvalue weighted by Gasteiger charge is 2.25. The molecule has 1 aliphatic heterocycles. The molecule has 6 nitrogen and oxygen atoms in total. The molecule has 1 saturated heterocycles. The Bertz CT molecular complexity index is 863. The Morgan fingerprint density at radius 3 is 2.39 bits per heavy atom. The van der Waals surface area contributed by atoms with Crippen molar-refractivity contribution in [1.29, 1.82) is 0 Å². The summed E-state index contributed by atoms with van der Waals surface area (Å²) in [5.74, 6) is 0.517. The average Bonchev–Trinajstić information content (AvgIpc) is 2.99. The van der Waals surface area contributed by atoms with Gasteiger partial charge in [-0.2, -0.15) is 4.31 Å². The van der Waals surface area contributed by atoms with Gasteiger partial charge in [0.25, 0.3) is 0 Å². The van der Waals surface area contributed by atoms with Crippen molar-refractivity contribution in [2.45, 2.75) is 42.0 Å². The number of hydrogen-bond acceptors (Lipinski definition) is 5. The summed E-state index contributed by atoms with van der Waals surface area (Å²) in [6.07, 6.45) is 5.76. The van der Waals surface area contributed by atoms with Gasteiger partial charge in [0, 0.05) is 37.1 Å². The largest absolute Gasteiger partial charge is 0.326 e. The molecule has 0 radical (unpaired) electrons. The Kier molecular flexibility index (Phi) is 7.47. The van der Waals surface area contributed by atoms with Gasteiger partial charge in [-0.05, 0) is 37.1 Å². The predicted octanol–water partition coefficient (Wildman–Crippen LogP) is 3.77. The summed E-state index contributed by atoms with van der Waals surface area (Å²) in [4.78, 5) is 16.5. The molecule has 28 heavy (non-hydrogen) atoms. The number of rotatable bonds is 7. The second-order valence-electron chi connectivity index (χ2n) is 6.66. The highest BCUT2D eigenvalue weighted by Crippen LogP contribution is 2.22. The van der Waals surface area contributed by atoms with Crippen LogP contribution in [0.25, 0.3) is 0 Å². The van der Waals surface area contributed by atoms with Gasteiger partial charge in [-0.25, -0.2) is 13.4 Å². The van der Waals surface area contributed by atoms with Gasteiger partial charge >= 0.3 is 0 Å². The quantitative estimate of drug-likeness (QED) is 0.691. The minimum absolute atomic E-state index is 0.0564. The van der Waals surface area contributed by atoms with Gasteiger partial charge in [0.05, 0.1) is 5.03 Å². The van der Waals surface area contributed by atoms with Crippen LogP contribution in [0.1, 0.15) is 32.1 Å². The number of carbonyl (C=O) groups is 1. The van der Waals surface area contributed by atoms with Crippen LogP contribution in [-0.4, -0.2) is 42.5 Å². The number of nitrogens with zero attached hydrogens (tertiary/aromatic N) is 2. The SMILES string of the molecule is O=C(CCSc1ccc(S(=O)(=O)N2CCCCCC2)cn1)Nc1ccccc1. The van der Waals surface area contributed by atoms with Crippen LogP contribution >= 0.6 is 11.8 Å². The number of aromatic nitrogens is 1. The van der Waals surface area contributed by atoms with Gasteiger partial charge < -0.3 is 5.32 Å². The Morgan fingerprint density at radius 2 is 1.75 bits per heavy atom. The van der Waals surface area contributed by atoms with Gasteiger partial charge in [-0.3, -0.25) is 4.79 Å². The van der Waals surface area contributed by atoms with Crippen molar-refractivity contribution < 1.29 is 13.2 Å². The summed E-state index contributed by atoms with van der Waals surface area (Å²) < 4.78 is 27.1. The molecule has 2 aromatic rings. The molecule has 0 atom stereocenters. The number of amides is 1. The first-order valence-corrected chi connectivity index (χ1v) is 11.9. The third-order valence-electron chi connectivity index (χ3n) is 4.55. The molecule has 0 aliphatic carbocycles. The summed E-state index contributed by atoms with van der Waals surface area (Å²) in [5, 5.41) is 3.55. The fourth-order valence-corrected chi connectivity index (χ4v) is 5.28. The average molecular weight is 420 g/mol. The topological polar surface area (TPSA) is 79.4 Å². The second-order valence-corrected chi connectivity index (χ2v) is 9.72. The standard InChI is InChI=1S/C20H25N3O3S2/c24-19(22-17-8-4-3-5-9-17)12-15-27-20-11-10-18(16-21-20)28(25,26)23-13-6-1-2-7-14-23/h3-5,8-11,16H,1-2,6-7,12-15H2,(H,22,24). The van der Waals surface area contributed by atoms with Gasteiger partial charge in [0.15, 0.2) is 0 Å². The van der Waals surface area contributed by atoms with Gasteiger partial charge in [0.1, 0.15) is 4.90 Å². The van der Waals surface area contributed by atoms with Crippen LogP contribution in [0, 0.1) is 0 Å². The molecule has 1 aromatic carbocycles. The van der Waals surface area contributed by atoms with E-state index in [1.54, 1.807) is 16.4 Å². The van der Waals surface area contributed by atoms with Crippen LogP contribution < -0.4 is 5.32 Å². The highest BCUT2D eigenvalue weighted by atomic mass is 32.2. The smallest absolute Gasteiger partial charge is 0.244 e. The fraction of sp³-hybridized carbons (Fsp3) is 0.400. The van der Waals surface area contributed by atoms with Crippen molar-refractivity contribution in [3.63, 3.8) is 0 Å². The van der Waals surface area contributed by atoms with E-state index in [2.05, 4.69) is 10.3 Å². The zero-order valence-corrected chi connectivity index (χ0v) is 17.3. The van der Waals surface area contributed by atoms with E-state index in [0.29, 0.717) is 30.3 Å². The van der Waals surface area contributed by atoms with E-state index < -0.39 is 10.0 Å². The summed E-state index contributed by atoms with van der Waals surface area (Å²) in [5.41, 5.74) is 0.777. The Labute approximate surface area is 170 Å². The lowest BCUT2D eigenvalue weighted by atomic mass is 10.2. The lowest BCUT2D eigenvalue weighted by molar-refractivity contribution is -0.115. The normalized spacial score (nSPS) is 15.7. The maximum atomic E-state index is 12.8. The number of anilines is 1.